The lowest BCUT2D eigenvalue weighted by atomic mass is 9.71. The predicted molar refractivity (Wildman–Crippen MR) is 63.2 cm³/mol. The molecule has 1 aliphatic rings. The van der Waals surface area contributed by atoms with Crippen LogP contribution in [0.2, 0.25) is 0 Å². The molecule has 2 rings (SSSR count). The Kier molecular flexibility index (Phi) is 3.64. The minimum Gasteiger partial charge on any atom is -0.441 e. The predicted octanol–water partition coefficient (Wildman–Crippen LogP) is 1.84. The van der Waals surface area contributed by atoms with Gasteiger partial charge < -0.3 is 15.6 Å². The molecule has 0 spiro atoms. The topological polar surface area (TPSA) is 72.6 Å². The number of carbonyl (C=O) groups is 1. The first-order valence-electron chi connectivity index (χ1n) is 5.82. The lowest BCUT2D eigenvalue weighted by Crippen LogP contribution is -2.34. The molecule has 1 aliphatic carbocycles. The van der Waals surface area contributed by atoms with Crippen molar-refractivity contribution in [3.63, 3.8) is 0 Å². The van der Waals surface area contributed by atoms with Crippen molar-refractivity contribution in [1.82, 2.24) is 0 Å². The van der Waals surface area contributed by atoms with Crippen molar-refractivity contribution in [3.8, 4) is 0 Å². The molecule has 0 aromatic heterocycles. The molecular formula is C13H17NO3. The lowest BCUT2D eigenvalue weighted by Gasteiger charge is -2.38. The Morgan fingerprint density at radius 3 is 2.59 bits per heavy atom. The summed E-state index contributed by atoms with van der Waals surface area (Å²) in [5, 5.41) is 9.01. The van der Waals surface area contributed by atoms with E-state index in [9.17, 15) is 4.79 Å². The minimum atomic E-state index is -0.744. The molecule has 1 aromatic rings. The number of benzene rings is 1. The van der Waals surface area contributed by atoms with Crippen molar-refractivity contribution in [2.75, 3.05) is 6.61 Å². The summed E-state index contributed by atoms with van der Waals surface area (Å²) >= 11 is 0. The molecule has 1 unspecified atom stereocenters. The molecule has 1 amide bonds. The zero-order valence-electron chi connectivity index (χ0n) is 9.58. The molecule has 0 saturated heterocycles. The zero-order valence-corrected chi connectivity index (χ0v) is 9.58. The number of hydrogen-bond donors (Lipinski definition) is 2. The van der Waals surface area contributed by atoms with Gasteiger partial charge in [0.15, 0.2) is 0 Å². The van der Waals surface area contributed by atoms with E-state index in [2.05, 4.69) is 0 Å². The van der Waals surface area contributed by atoms with E-state index in [1.165, 1.54) is 0 Å². The number of carbonyl (C=O) groups excluding carboxylic acids is 1. The normalized spacial score (nSPS) is 24.8. The third kappa shape index (κ3) is 2.77. The molecule has 1 fully saturated rings. The van der Waals surface area contributed by atoms with Crippen LogP contribution in [-0.2, 0) is 4.74 Å². The van der Waals surface area contributed by atoms with Crippen LogP contribution in [0.3, 0.4) is 0 Å². The van der Waals surface area contributed by atoms with Crippen LogP contribution in [0.1, 0.15) is 24.5 Å². The molecule has 0 heterocycles. The maximum absolute atomic E-state index is 10.9. The minimum absolute atomic E-state index is 0.203. The summed E-state index contributed by atoms with van der Waals surface area (Å²) in [5.41, 5.74) is 6.07. The van der Waals surface area contributed by atoms with Gasteiger partial charge in [-0.15, -0.1) is 0 Å². The van der Waals surface area contributed by atoms with Gasteiger partial charge in [0.25, 0.3) is 0 Å². The van der Waals surface area contributed by atoms with Gasteiger partial charge in [-0.05, 0) is 24.3 Å². The second-order valence-corrected chi connectivity index (χ2v) is 4.55. The fraction of sp³-hybridized carbons (Fsp3) is 0.462. The van der Waals surface area contributed by atoms with Crippen molar-refractivity contribution >= 4 is 6.09 Å². The summed E-state index contributed by atoms with van der Waals surface area (Å²) in [6.45, 7) is 0.203. The van der Waals surface area contributed by atoms with E-state index >= 15 is 0 Å². The quantitative estimate of drug-likeness (QED) is 0.836. The van der Waals surface area contributed by atoms with Gasteiger partial charge in [0.1, 0.15) is 6.10 Å². The number of aliphatic hydroxyl groups excluding tert-OH is 1. The molecular weight excluding hydrogens is 218 g/mol. The largest absolute Gasteiger partial charge is 0.441 e. The third-order valence-electron chi connectivity index (χ3n) is 3.33. The van der Waals surface area contributed by atoms with Crippen LogP contribution < -0.4 is 5.73 Å². The van der Waals surface area contributed by atoms with Crippen molar-refractivity contribution in [3.05, 3.63) is 35.9 Å². The summed E-state index contributed by atoms with van der Waals surface area (Å²) in [4.78, 5) is 10.9. The summed E-state index contributed by atoms with van der Waals surface area (Å²) in [6, 6.07) is 9.60. The van der Waals surface area contributed by atoms with Gasteiger partial charge in [-0.1, -0.05) is 30.3 Å². The van der Waals surface area contributed by atoms with E-state index in [1.54, 1.807) is 0 Å². The average molecular weight is 235 g/mol. The Labute approximate surface area is 100 Å². The van der Waals surface area contributed by atoms with Crippen LogP contribution in [0.4, 0.5) is 4.79 Å². The average Bonchev–Trinajstić information content (AvgIpc) is 2.27. The molecule has 17 heavy (non-hydrogen) atoms. The first kappa shape index (κ1) is 11.9. The van der Waals surface area contributed by atoms with Crippen LogP contribution in [0.5, 0.6) is 0 Å². The highest BCUT2D eigenvalue weighted by molar-refractivity contribution is 5.65. The van der Waals surface area contributed by atoms with E-state index in [1.807, 2.05) is 30.3 Å². The molecule has 4 heteroatoms. The molecule has 0 bridgehead atoms. The molecule has 3 N–H and O–H groups in total. The van der Waals surface area contributed by atoms with Crippen LogP contribution >= 0.6 is 0 Å². The number of hydrogen-bond acceptors (Lipinski definition) is 3. The van der Waals surface area contributed by atoms with E-state index in [0.29, 0.717) is 5.92 Å². The Hall–Kier alpha value is -1.55. The lowest BCUT2D eigenvalue weighted by molar-refractivity contribution is -0.00446. The SMILES string of the molecule is NC(=O)OC(c1ccccc1)C1CC(CO)C1. The van der Waals surface area contributed by atoms with Crippen LogP contribution in [-0.4, -0.2) is 17.8 Å². The number of primary amides is 1. The standard InChI is InChI=1S/C13H17NO3/c14-13(16)17-12(10-4-2-1-3-5-10)11-6-9(7-11)8-15/h1-5,9,11-12,15H,6-8H2,(H2,14,16). The summed E-state index contributed by atoms with van der Waals surface area (Å²) < 4.78 is 5.19. The van der Waals surface area contributed by atoms with Gasteiger partial charge in [0.05, 0.1) is 0 Å². The van der Waals surface area contributed by atoms with Crippen molar-refractivity contribution in [2.24, 2.45) is 17.6 Å². The maximum atomic E-state index is 10.9. The number of aliphatic hydroxyl groups is 1. The van der Waals surface area contributed by atoms with Crippen molar-refractivity contribution in [2.45, 2.75) is 18.9 Å². The molecule has 0 radical (unpaired) electrons. The Bertz CT molecular complexity index is 374. The van der Waals surface area contributed by atoms with E-state index < -0.39 is 6.09 Å². The van der Waals surface area contributed by atoms with Gasteiger partial charge in [-0.25, -0.2) is 4.79 Å². The smallest absolute Gasteiger partial charge is 0.405 e. The fourth-order valence-corrected chi connectivity index (χ4v) is 2.39. The van der Waals surface area contributed by atoms with Crippen LogP contribution in [0.15, 0.2) is 30.3 Å². The van der Waals surface area contributed by atoms with Crippen LogP contribution in [0, 0.1) is 11.8 Å². The van der Waals surface area contributed by atoms with E-state index in [-0.39, 0.29) is 18.6 Å². The summed E-state index contributed by atoms with van der Waals surface area (Å²) in [7, 11) is 0. The molecule has 1 aromatic carbocycles. The highest BCUT2D eigenvalue weighted by Gasteiger charge is 2.37. The fourth-order valence-electron chi connectivity index (χ4n) is 2.39. The van der Waals surface area contributed by atoms with Gasteiger partial charge in [-0.2, -0.15) is 0 Å². The molecule has 4 nitrogen and oxygen atoms in total. The van der Waals surface area contributed by atoms with E-state index in [4.69, 9.17) is 15.6 Å². The first-order chi connectivity index (χ1) is 8.20. The Morgan fingerprint density at radius 1 is 1.41 bits per heavy atom. The summed E-state index contributed by atoms with van der Waals surface area (Å²) in [6.07, 6.45) is 0.731. The van der Waals surface area contributed by atoms with Gasteiger partial charge >= 0.3 is 6.09 Å². The van der Waals surface area contributed by atoms with Crippen molar-refractivity contribution < 1.29 is 14.6 Å². The third-order valence-corrected chi connectivity index (χ3v) is 3.33. The highest BCUT2D eigenvalue weighted by Crippen LogP contribution is 2.43. The second-order valence-electron chi connectivity index (χ2n) is 4.55. The Balaban J connectivity index is 2.07. The summed E-state index contributed by atoms with van der Waals surface area (Å²) in [5.74, 6) is 0.602. The monoisotopic (exact) mass is 235 g/mol. The maximum Gasteiger partial charge on any atom is 0.405 e. The number of amides is 1. The number of ether oxygens (including phenoxy) is 1. The number of rotatable bonds is 4. The first-order valence-corrected chi connectivity index (χ1v) is 5.82. The van der Waals surface area contributed by atoms with Crippen LogP contribution in [0.25, 0.3) is 0 Å². The van der Waals surface area contributed by atoms with Gasteiger partial charge in [0, 0.05) is 12.5 Å². The highest BCUT2D eigenvalue weighted by atomic mass is 16.6. The zero-order chi connectivity index (χ0) is 12.3. The van der Waals surface area contributed by atoms with E-state index in [0.717, 1.165) is 18.4 Å². The molecule has 1 saturated carbocycles. The van der Waals surface area contributed by atoms with Crippen molar-refractivity contribution in [1.29, 1.82) is 0 Å². The number of nitrogens with two attached hydrogens (primary N) is 1. The molecule has 1 atom stereocenters. The van der Waals surface area contributed by atoms with Gasteiger partial charge in [-0.3, -0.25) is 0 Å². The molecule has 92 valence electrons. The Morgan fingerprint density at radius 2 is 2.06 bits per heavy atom. The molecule has 0 aliphatic heterocycles. The second kappa shape index (κ2) is 5.19. The van der Waals surface area contributed by atoms with Gasteiger partial charge in [0.2, 0.25) is 0 Å².